The van der Waals surface area contributed by atoms with Crippen molar-refractivity contribution >= 4 is 18.1 Å². The third-order valence-corrected chi connectivity index (χ3v) is 5.54. The number of likely N-dealkylation sites (tertiary alicyclic amines) is 1. The molecule has 0 N–H and O–H groups in total. The van der Waals surface area contributed by atoms with Crippen molar-refractivity contribution in [2.24, 2.45) is 0 Å². The Labute approximate surface area is 167 Å². The summed E-state index contributed by atoms with van der Waals surface area (Å²) in [5.74, 6) is 0.747. The van der Waals surface area contributed by atoms with Crippen LogP contribution in [0.25, 0.3) is 6.08 Å². The minimum absolute atomic E-state index is 0.161. The van der Waals surface area contributed by atoms with Gasteiger partial charge in [-0.3, -0.25) is 14.5 Å². The highest BCUT2D eigenvalue weighted by Gasteiger charge is 2.22. The molecule has 0 aliphatic carbocycles. The Bertz CT molecular complexity index is 856. The van der Waals surface area contributed by atoms with E-state index in [0.29, 0.717) is 22.8 Å². The van der Waals surface area contributed by atoms with Crippen molar-refractivity contribution in [1.82, 2.24) is 4.90 Å². The van der Waals surface area contributed by atoms with E-state index in [9.17, 15) is 9.59 Å². The number of aldehydes is 1. The standard InChI is InChI=1S/C24H29NO3/c1-17(2)21-14-19(16-26)24(23(27)10-9-20-8-7-13-28-20)18(3)22(21)15-25-11-5-4-6-12-25/h7-10,13-14,16-17H,4-6,11-12,15H2,1-3H3. The molecule has 28 heavy (non-hydrogen) atoms. The molecule has 4 heteroatoms. The Morgan fingerprint density at radius 2 is 2.00 bits per heavy atom. The van der Waals surface area contributed by atoms with E-state index in [1.54, 1.807) is 24.5 Å². The Morgan fingerprint density at radius 1 is 1.25 bits per heavy atom. The van der Waals surface area contributed by atoms with E-state index in [1.807, 2.05) is 13.0 Å². The van der Waals surface area contributed by atoms with Crippen LogP contribution in [0.15, 0.2) is 35.0 Å². The summed E-state index contributed by atoms with van der Waals surface area (Å²) in [6, 6.07) is 5.49. The van der Waals surface area contributed by atoms with E-state index in [1.165, 1.54) is 30.9 Å². The second-order valence-electron chi connectivity index (χ2n) is 7.86. The molecule has 1 aliphatic heterocycles. The second-order valence-corrected chi connectivity index (χ2v) is 7.86. The minimum atomic E-state index is -0.161. The van der Waals surface area contributed by atoms with Gasteiger partial charge in [0.1, 0.15) is 5.76 Å². The van der Waals surface area contributed by atoms with Gasteiger partial charge >= 0.3 is 0 Å². The molecule has 3 rings (SSSR count). The molecular formula is C24H29NO3. The van der Waals surface area contributed by atoms with Crippen molar-refractivity contribution in [1.29, 1.82) is 0 Å². The number of hydrogen-bond donors (Lipinski definition) is 0. The number of carbonyl (C=O) groups is 2. The molecule has 0 radical (unpaired) electrons. The summed E-state index contributed by atoms with van der Waals surface area (Å²) in [5, 5.41) is 0. The summed E-state index contributed by atoms with van der Waals surface area (Å²) in [5.41, 5.74) is 4.26. The molecule has 0 bridgehead atoms. The lowest BCUT2D eigenvalue weighted by atomic mass is 9.85. The van der Waals surface area contributed by atoms with Crippen molar-refractivity contribution in [3.05, 3.63) is 64.1 Å². The number of ketones is 1. The van der Waals surface area contributed by atoms with Gasteiger partial charge < -0.3 is 4.42 Å². The van der Waals surface area contributed by atoms with Crippen LogP contribution in [0.5, 0.6) is 0 Å². The summed E-state index contributed by atoms with van der Waals surface area (Å²) < 4.78 is 5.27. The summed E-state index contributed by atoms with van der Waals surface area (Å²) in [7, 11) is 0. The van der Waals surface area contributed by atoms with Gasteiger partial charge in [-0.05, 0) is 85.8 Å². The molecule has 1 aromatic carbocycles. The predicted octanol–water partition coefficient (Wildman–Crippen LogP) is 5.41. The van der Waals surface area contributed by atoms with Crippen molar-refractivity contribution in [3.63, 3.8) is 0 Å². The van der Waals surface area contributed by atoms with Crippen LogP contribution in [0.3, 0.4) is 0 Å². The molecule has 148 valence electrons. The van der Waals surface area contributed by atoms with Crippen molar-refractivity contribution in [2.75, 3.05) is 13.1 Å². The summed E-state index contributed by atoms with van der Waals surface area (Å²) in [6.07, 6.45) is 9.25. The molecule has 1 aromatic heterocycles. The number of piperidine rings is 1. The van der Waals surface area contributed by atoms with Crippen LogP contribution < -0.4 is 0 Å². The molecule has 1 fully saturated rings. The highest BCUT2D eigenvalue weighted by molar-refractivity contribution is 6.12. The first-order valence-electron chi connectivity index (χ1n) is 10.1. The number of benzene rings is 1. The predicted molar refractivity (Wildman–Crippen MR) is 112 cm³/mol. The molecule has 2 heterocycles. The normalized spacial score (nSPS) is 15.4. The SMILES string of the molecule is Cc1c(CN2CCCCC2)c(C(C)C)cc(C=O)c1C(=O)C=Cc1ccco1. The Balaban J connectivity index is 2.01. The molecule has 0 amide bonds. The van der Waals surface area contributed by atoms with E-state index in [-0.39, 0.29) is 5.78 Å². The van der Waals surface area contributed by atoms with Gasteiger partial charge in [0.25, 0.3) is 0 Å². The summed E-state index contributed by atoms with van der Waals surface area (Å²) in [4.78, 5) is 27.2. The van der Waals surface area contributed by atoms with Gasteiger partial charge in [-0.15, -0.1) is 0 Å². The maximum absolute atomic E-state index is 13.0. The fourth-order valence-corrected chi connectivity index (χ4v) is 4.02. The molecule has 0 unspecified atom stereocenters. The third-order valence-electron chi connectivity index (χ3n) is 5.54. The Hall–Kier alpha value is -2.46. The maximum atomic E-state index is 13.0. The van der Waals surface area contributed by atoms with Crippen LogP contribution in [0.4, 0.5) is 0 Å². The zero-order valence-corrected chi connectivity index (χ0v) is 17.0. The van der Waals surface area contributed by atoms with Gasteiger partial charge in [-0.2, -0.15) is 0 Å². The topological polar surface area (TPSA) is 50.5 Å². The number of hydrogen-bond acceptors (Lipinski definition) is 4. The fourth-order valence-electron chi connectivity index (χ4n) is 4.02. The van der Waals surface area contributed by atoms with Crippen molar-refractivity contribution < 1.29 is 14.0 Å². The van der Waals surface area contributed by atoms with E-state index in [2.05, 4.69) is 18.7 Å². The van der Waals surface area contributed by atoms with Gasteiger partial charge in [0.05, 0.1) is 6.26 Å². The monoisotopic (exact) mass is 379 g/mol. The van der Waals surface area contributed by atoms with E-state index in [0.717, 1.165) is 37.0 Å². The van der Waals surface area contributed by atoms with Gasteiger partial charge in [-0.25, -0.2) is 0 Å². The lowest BCUT2D eigenvalue weighted by molar-refractivity contribution is 0.103. The van der Waals surface area contributed by atoms with Crippen molar-refractivity contribution in [2.45, 2.75) is 52.5 Å². The minimum Gasteiger partial charge on any atom is -0.465 e. The first-order chi connectivity index (χ1) is 13.5. The highest BCUT2D eigenvalue weighted by atomic mass is 16.3. The molecule has 2 aromatic rings. The lowest BCUT2D eigenvalue weighted by Gasteiger charge is -2.29. The molecule has 0 saturated carbocycles. The zero-order valence-electron chi connectivity index (χ0n) is 17.0. The molecule has 1 aliphatic rings. The molecule has 1 saturated heterocycles. The quantitative estimate of drug-likeness (QED) is 0.367. The van der Waals surface area contributed by atoms with Crippen LogP contribution >= 0.6 is 0 Å². The Morgan fingerprint density at radius 3 is 2.61 bits per heavy atom. The molecule has 0 atom stereocenters. The molecule has 4 nitrogen and oxygen atoms in total. The van der Waals surface area contributed by atoms with Gasteiger partial charge in [0.15, 0.2) is 12.1 Å². The van der Waals surface area contributed by atoms with Crippen LogP contribution in [-0.2, 0) is 6.54 Å². The molecular weight excluding hydrogens is 350 g/mol. The Kier molecular flexibility index (Phi) is 6.63. The molecule has 0 spiro atoms. The number of nitrogens with zero attached hydrogens (tertiary/aromatic N) is 1. The fraction of sp³-hybridized carbons (Fsp3) is 0.417. The lowest BCUT2D eigenvalue weighted by Crippen LogP contribution is -2.30. The largest absolute Gasteiger partial charge is 0.465 e. The van der Waals surface area contributed by atoms with Crippen LogP contribution in [0, 0.1) is 6.92 Å². The number of furan rings is 1. The van der Waals surface area contributed by atoms with Gasteiger partial charge in [0, 0.05) is 17.7 Å². The third kappa shape index (κ3) is 4.50. The first kappa shape index (κ1) is 20.3. The number of rotatable bonds is 7. The smallest absolute Gasteiger partial charge is 0.186 e. The second kappa shape index (κ2) is 9.16. The van der Waals surface area contributed by atoms with Gasteiger partial charge in [-0.1, -0.05) is 20.3 Å². The maximum Gasteiger partial charge on any atom is 0.186 e. The van der Waals surface area contributed by atoms with Crippen molar-refractivity contribution in [3.8, 4) is 0 Å². The average molecular weight is 380 g/mol. The van der Waals surface area contributed by atoms with E-state index in [4.69, 9.17) is 4.42 Å². The first-order valence-corrected chi connectivity index (χ1v) is 10.1. The summed E-state index contributed by atoms with van der Waals surface area (Å²) >= 11 is 0. The summed E-state index contributed by atoms with van der Waals surface area (Å²) in [6.45, 7) is 9.28. The van der Waals surface area contributed by atoms with Gasteiger partial charge in [0.2, 0.25) is 0 Å². The zero-order chi connectivity index (χ0) is 20.1. The van der Waals surface area contributed by atoms with Crippen LogP contribution in [0.1, 0.15) is 82.2 Å². The number of carbonyl (C=O) groups excluding carboxylic acids is 2. The van der Waals surface area contributed by atoms with E-state index < -0.39 is 0 Å². The van der Waals surface area contributed by atoms with Crippen LogP contribution in [-0.4, -0.2) is 30.1 Å². The number of allylic oxidation sites excluding steroid dienone is 1. The average Bonchev–Trinajstić information content (AvgIpc) is 3.21. The highest BCUT2D eigenvalue weighted by Crippen LogP contribution is 2.30. The van der Waals surface area contributed by atoms with E-state index >= 15 is 0 Å². The van der Waals surface area contributed by atoms with Crippen LogP contribution in [0.2, 0.25) is 0 Å².